The number of anilines is 1. The van der Waals surface area contributed by atoms with Gasteiger partial charge in [-0.15, -0.1) is 0 Å². The topological polar surface area (TPSA) is 30.5 Å². The van der Waals surface area contributed by atoms with Crippen molar-refractivity contribution in [2.75, 3.05) is 25.6 Å². The zero-order chi connectivity index (χ0) is 13.9. The first kappa shape index (κ1) is 15.8. The molecule has 0 spiro atoms. The number of hydrogen-bond acceptors (Lipinski definition) is 3. The molecule has 1 aromatic carbocycles. The molecule has 0 aromatic heterocycles. The summed E-state index contributed by atoms with van der Waals surface area (Å²) in [5.41, 5.74) is 1.17. The van der Waals surface area contributed by atoms with Gasteiger partial charge in [0.05, 0.1) is 6.61 Å². The number of ether oxygens (including phenoxy) is 2. The van der Waals surface area contributed by atoms with E-state index in [1.165, 1.54) is 24.9 Å². The van der Waals surface area contributed by atoms with Crippen molar-refractivity contribution < 1.29 is 9.47 Å². The molecule has 1 rings (SSSR count). The van der Waals surface area contributed by atoms with Crippen molar-refractivity contribution in [3.63, 3.8) is 0 Å². The monoisotopic (exact) mass is 265 g/mol. The van der Waals surface area contributed by atoms with Gasteiger partial charge in [0, 0.05) is 18.8 Å². The first-order valence-electron chi connectivity index (χ1n) is 7.28. The fourth-order valence-corrected chi connectivity index (χ4v) is 1.95. The Bertz CT molecular complexity index is 324. The van der Waals surface area contributed by atoms with E-state index in [2.05, 4.69) is 31.3 Å². The van der Waals surface area contributed by atoms with Gasteiger partial charge in [0.15, 0.2) is 0 Å². The average molecular weight is 265 g/mol. The summed E-state index contributed by atoms with van der Waals surface area (Å²) >= 11 is 0. The van der Waals surface area contributed by atoms with Crippen molar-refractivity contribution in [2.24, 2.45) is 0 Å². The van der Waals surface area contributed by atoms with E-state index in [9.17, 15) is 0 Å². The standard InChI is InChI=1S/C16H27NO2/c1-4-6-7-14(5-2)17-15-8-10-16(11-9-15)19-13-12-18-3/h8-11,14,17H,4-7,12-13H2,1-3H3. The predicted molar refractivity (Wildman–Crippen MR) is 81.0 cm³/mol. The number of hydrogen-bond donors (Lipinski definition) is 1. The van der Waals surface area contributed by atoms with E-state index in [0.717, 1.165) is 12.2 Å². The summed E-state index contributed by atoms with van der Waals surface area (Å²) in [7, 11) is 1.68. The molecule has 0 radical (unpaired) electrons. The highest BCUT2D eigenvalue weighted by Gasteiger charge is 2.05. The summed E-state index contributed by atoms with van der Waals surface area (Å²) in [4.78, 5) is 0. The van der Waals surface area contributed by atoms with E-state index < -0.39 is 0 Å². The molecule has 3 heteroatoms. The molecule has 0 saturated heterocycles. The molecule has 0 bridgehead atoms. The lowest BCUT2D eigenvalue weighted by Gasteiger charge is -2.18. The van der Waals surface area contributed by atoms with Crippen molar-refractivity contribution in [3.8, 4) is 5.75 Å². The first-order valence-corrected chi connectivity index (χ1v) is 7.28. The van der Waals surface area contributed by atoms with Crippen LogP contribution in [0.5, 0.6) is 5.75 Å². The number of unbranched alkanes of at least 4 members (excludes halogenated alkanes) is 1. The van der Waals surface area contributed by atoms with Crippen molar-refractivity contribution in [3.05, 3.63) is 24.3 Å². The number of nitrogens with one attached hydrogen (secondary N) is 1. The van der Waals surface area contributed by atoms with E-state index in [0.29, 0.717) is 19.3 Å². The zero-order valence-electron chi connectivity index (χ0n) is 12.4. The number of rotatable bonds is 10. The largest absolute Gasteiger partial charge is 0.491 e. The molecule has 0 amide bonds. The van der Waals surface area contributed by atoms with Gasteiger partial charge in [-0.1, -0.05) is 26.7 Å². The van der Waals surface area contributed by atoms with E-state index >= 15 is 0 Å². The van der Waals surface area contributed by atoms with Gasteiger partial charge in [0.1, 0.15) is 12.4 Å². The second kappa shape index (κ2) is 9.68. The van der Waals surface area contributed by atoms with Crippen molar-refractivity contribution in [2.45, 2.75) is 45.6 Å². The highest BCUT2D eigenvalue weighted by molar-refractivity contribution is 5.47. The van der Waals surface area contributed by atoms with Crippen LogP contribution in [0.25, 0.3) is 0 Å². The zero-order valence-corrected chi connectivity index (χ0v) is 12.4. The Balaban J connectivity index is 2.41. The molecular formula is C16H27NO2. The van der Waals surface area contributed by atoms with Crippen LogP contribution >= 0.6 is 0 Å². The van der Waals surface area contributed by atoms with Crippen molar-refractivity contribution in [1.29, 1.82) is 0 Å². The number of benzene rings is 1. The van der Waals surface area contributed by atoms with Gasteiger partial charge in [-0.05, 0) is 37.1 Å². The van der Waals surface area contributed by atoms with Crippen LogP contribution in [0.15, 0.2) is 24.3 Å². The van der Waals surface area contributed by atoms with Crippen LogP contribution in [0.3, 0.4) is 0 Å². The normalized spacial score (nSPS) is 12.2. The summed E-state index contributed by atoms with van der Waals surface area (Å²) in [6.07, 6.45) is 4.93. The van der Waals surface area contributed by atoms with Gasteiger partial charge < -0.3 is 14.8 Å². The minimum Gasteiger partial charge on any atom is -0.491 e. The molecule has 19 heavy (non-hydrogen) atoms. The lowest BCUT2D eigenvalue weighted by molar-refractivity contribution is 0.146. The Hall–Kier alpha value is -1.22. The second-order valence-corrected chi connectivity index (χ2v) is 4.76. The molecule has 1 N–H and O–H groups in total. The van der Waals surface area contributed by atoms with Gasteiger partial charge in [-0.3, -0.25) is 0 Å². The maximum atomic E-state index is 5.54. The van der Waals surface area contributed by atoms with Crippen LogP contribution in [0.4, 0.5) is 5.69 Å². The van der Waals surface area contributed by atoms with Gasteiger partial charge in [0.25, 0.3) is 0 Å². The van der Waals surface area contributed by atoms with Crippen LogP contribution in [-0.2, 0) is 4.74 Å². The Morgan fingerprint density at radius 2 is 1.84 bits per heavy atom. The van der Waals surface area contributed by atoms with Gasteiger partial charge >= 0.3 is 0 Å². The summed E-state index contributed by atoms with van der Waals surface area (Å²) < 4.78 is 10.5. The summed E-state index contributed by atoms with van der Waals surface area (Å²) in [5.74, 6) is 0.893. The smallest absolute Gasteiger partial charge is 0.119 e. The van der Waals surface area contributed by atoms with E-state index in [-0.39, 0.29) is 0 Å². The van der Waals surface area contributed by atoms with Crippen LogP contribution in [0.1, 0.15) is 39.5 Å². The Morgan fingerprint density at radius 1 is 1.11 bits per heavy atom. The minimum absolute atomic E-state index is 0.570. The maximum Gasteiger partial charge on any atom is 0.119 e. The maximum absolute atomic E-state index is 5.54. The molecule has 3 nitrogen and oxygen atoms in total. The van der Waals surface area contributed by atoms with Crippen molar-refractivity contribution in [1.82, 2.24) is 0 Å². The molecular weight excluding hydrogens is 238 g/mol. The van der Waals surface area contributed by atoms with Crippen LogP contribution in [0, 0.1) is 0 Å². The molecule has 0 aliphatic heterocycles. The van der Waals surface area contributed by atoms with Gasteiger partial charge in [0.2, 0.25) is 0 Å². The lowest BCUT2D eigenvalue weighted by Crippen LogP contribution is -2.18. The van der Waals surface area contributed by atoms with Gasteiger partial charge in [-0.25, -0.2) is 0 Å². The third-order valence-corrected chi connectivity index (χ3v) is 3.18. The molecule has 1 unspecified atom stereocenters. The Kier molecular flexibility index (Phi) is 8.07. The van der Waals surface area contributed by atoms with E-state index in [4.69, 9.17) is 9.47 Å². The third kappa shape index (κ3) is 6.48. The SMILES string of the molecule is CCCCC(CC)Nc1ccc(OCCOC)cc1. The van der Waals surface area contributed by atoms with Gasteiger partial charge in [-0.2, -0.15) is 0 Å². The summed E-state index contributed by atoms with van der Waals surface area (Å²) in [5, 5.41) is 3.58. The van der Waals surface area contributed by atoms with E-state index in [1.807, 2.05) is 12.1 Å². The van der Waals surface area contributed by atoms with Crippen LogP contribution in [-0.4, -0.2) is 26.4 Å². The van der Waals surface area contributed by atoms with Crippen LogP contribution < -0.4 is 10.1 Å². The second-order valence-electron chi connectivity index (χ2n) is 4.76. The average Bonchev–Trinajstić information content (AvgIpc) is 2.45. The Labute approximate surface area is 117 Å². The van der Waals surface area contributed by atoms with E-state index in [1.54, 1.807) is 7.11 Å². The molecule has 0 saturated carbocycles. The highest BCUT2D eigenvalue weighted by atomic mass is 16.5. The first-order chi connectivity index (χ1) is 9.30. The fraction of sp³-hybridized carbons (Fsp3) is 0.625. The molecule has 0 aliphatic carbocycles. The van der Waals surface area contributed by atoms with Crippen LogP contribution in [0.2, 0.25) is 0 Å². The molecule has 0 heterocycles. The number of methoxy groups -OCH3 is 1. The highest BCUT2D eigenvalue weighted by Crippen LogP contribution is 2.18. The molecule has 0 aliphatic rings. The Morgan fingerprint density at radius 3 is 2.42 bits per heavy atom. The molecule has 108 valence electrons. The molecule has 1 atom stereocenters. The predicted octanol–water partition coefficient (Wildman–Crippen LogP) is 4.09. The minimum atomic E-state index is 0.570. The summed E-state index contributed by atoms with van der Waals surface area (Å²) in [6.45, 7) is 5.68. The molecule has 1 aromatic rings. The molecule has 0 fully saturated rings. The summed E-state index contributed by atoms with van der Waals surface area (Å²) in [6, 6.07) is 8.74. The fourth-order valence-electron chi connectivity index (χ4n) is 1.95. The third-order valence-electron chi connectivity index (χ3n) is 3.18. The quantitative estimate of drug-likeness (QED) is 0.646. The lowest BCUT2D eigenvalue weighted by atomic mass is 10.1. The van der Waals surface area contributed by atoms with Crippen molar-refractivity contribution >= 4 is 5.69 Å².